The summed E-state index contributed by atoms with van der Waals surface area (Å²) >= 11 is 0. The molecule has 0 spiro atoms. The molecule has 1 aliphatic heterocycles. The van der Waals surface area contributed by atoms with E-state index in [0.717, 1.165) is 11.1 Å². The number of carboxylic acids is 1. The molecule has 1 amide bonds. The van der Waals surface area contributed by atoms with Crippen LogP contribution in [0.1, 0.15) is 34.5 Å². The summed E-state index contributed by atoms with van der Waals surface area (Å²) in [6.07, 6.45) is 0. The molecule has 1 saturated heterocycles. The zero-order chi connectivity index (χ0) is 26.6. The molecule has 1 aliphatic carbocycles. The Morgan fingerprint density at radius 1 is 1.22 bits per heavy atom. The molecule has 5 rings (SSSR count). The van der Waals surface area contributed by atoms with Gasteiger partial charge in [-0.15, -0.1) is 0 Å². The van der Waals surface area contributed by atoms with Gasteiger partial charge in [-0.25, -0.2) is 14.8 Å². The van der Waals surface area contributed by atoms with Crippen molar-refractivity contribution in [2.75, 3.05) is 37.5 Å². The molecule has 1 aromatic heterocycles. The van der Waals surface area contributed by atoms with Crippen molar-refractivity contribution in [2.45, 2.75) is 19.9 Å². The van der Waals surface area contributed by atoms with E-state index in [-0.39, 0.29) is 40.8 Å². The molecule has 194 valence electrons. The number of nitrogens with zero attached hydrogens (tertiary/aromatic N) is 4. The molecule has 10 nitrogen and oxygen atoms in total. The fourth-order valence-corrected chi connectivity index (χ4v) is 5.62. The van der Waals surface area contributed by atoms with Crippen LogP contribution in [0.5, 0.6) is 0 Å². The maximum Gasteiger partial charge on any atom is 0.337 e. The Morgan fingerprint density at radius 2 is 1.89 bits per heavy atom. The normalized spacial score (nSPS) is 21.0. The zero-order valence-corrected chi connectivity index (χ0v) is 21.6. The molecule has 37 heavy (non-hydrogen) atoms. The monoisotopic (exact) mass is 505 g/mol. The zero-order valence-electron chi connectivity index (χ0n) is 21.6. The second-order valence-corrected chi connectivity index (χ2v) is 10.0. The molecule has 2 heterocycles. The Bertz CT molecular complexity index is 1460. The number of rotatable bonds is 7. The van der Waals surface area contributed by atoms with E-state index in [2.05, 4.69) is 10.2 Å². The molecule has 2 N–H and O–H groups in total. The molecule has 2 unspecified atom stereocenters. The van der Waals surface area contributed by atoms with Crippen molar-refractivity contribution in [2.24, 2.45) is 24.8 Å². The first-order valence-electron chi connectivity index (χ1n) is 12.3. The van der Waals surface area contributed by atoms with Gasteiger partial charge in [-0.1, -0.05) is 18.2 Å². The van der Waals surface area contributed by atoms with Crippen molar-refractivity contribution < 1.29 is 19.5 Å². The molecule has 3 aromatic rings. The number of carbonyl (C=O) groups excluding carboxylic acids is 1. The summed E-state index contributed by atoms with van der Waals surface area (Å²) in [7, 11) is 4.82. The highest BCUT2D eigenvalue weighted by molar-refractivity contribution is 5.94. The summed E-state index contributed by atoms with van der Waals surface area (Å²) < 4.78 is 1.58. The minimum absolute atomic E-state index is 0.0168. The van der Waals surface area contributed by atoms with E-state index < -0.39 is 5.97 Å². The van der Waals surface area contributed by atoms with Crippen molar-refractivity contribution in [1.82, 2.24) is 14.6 Å². The molecule has 2 aromatic carbocycles. The summed E-state index contributed by atoms with van der Waals surface area (Å²) in [5.74, 6) is -0.0992. The molecule has 2 fully saturated rings. The third-order valence-corrected chi connectivity index (χ3v) is 7.67. The lowest BCUT2D eigenvalue weighted by molar-refractivity contribution is -0.171. The van der Waals surface area contributed by atoms with Gasteiger partial charge >= 0.3 is 5.97 Å². The first-order chi connectivity index (χ1) is 17.6. The van der Waals surface area contributed by atoms with Crippen LogP contribution in [-0.2, 0) is 16.7 Å². The number of carboxylic acid groups (broad SMARTS) is 1. The Labute approximate surface area is 214 Å². The number of para-hydroxylation sites is 1. The van der Waals surface area contributed by atoms with E-state index in [1.165, 1.54) is 12.2 Å². The molecule has 0 radical (unpaired) electrons. The largest absolute Gasteiger partial charge is 0.478 e. The van der Waals surface area contributed by atoms with Crippen LogP contribution in [0.4, 0.5) is 11.6 Å². The summed E-state index contributed by atoms with van der Waals surface area (Å²) in [6.45, 7) is 5.15. The van der Waals surface area contributed by atoms with Crippen LogP contribution in [-0.4, -0.2) is 58.8 Å². The number of hydroxylamine groups is 2. The number of hydrogen-bond donors (Lipinski definition) is 2. The number of aromatic nitrogens is 2. The third-order valence-electron chi connectivity index (χ3n) is 7.67. The van der Waals surface area contributed by atoms with E-state index in [0.29, 0.717) is 35.6 Å². The van der Waals surface area contributed by atoms with Crippen LogP contribution in [0.15, 0.2) is 41.2 Å². The Balaban J connectivity index is 1.49. The molecule has 10 heteroatoms. The maximum absolute atomic E-state index is 13.4. The minimum atomic E-state index is -1.01. The Hall–Kier alpha value is -3.92. The number of fused-ring (bicyclic) bond motifs is 2. The Morgan fingerprint density at radius 3 is 2.54 bits per heavy atom. The van der Waals surface area contributed by atoms with E-state index in [1.807, 2.05) is 26.0 Å². The molecular weight excluding hydrogens is 474 g/mol. The van der Waals surface area contributed by atoms with Crippen LogP contribution in [0.2, 0.25) is 0 Å². The first kappa shape index (κ1) is 24.8. The lowest BCUT2D eigenvalue weighted by atomic mass is 10.0. The molecule has 2 aliphatic rings. The van der Waals surface area contributed by atoms with Crippen molar-refractivity contribution in [3.63, 3.8) is 0 Å². The average molecular weight is 506 g/mol. The summed E-state index contributed by atoms with van der Waals surface area (Å²) in [5, 5.41) is 14.7. The number of hydrogen-bond acceptors (Lipinski definition) is 7. The van der Waals surface area contributed by atoms with Crippen molar-refractivity contribution in [3.05, 3.63) is 63.4 Å². The van der Waals surface area contributed by atoms with Crippen LogP contribution in [0.25, 0.3) is 10.9 Å². The lowest BCUT2D eigenvalue weighted by Gasteiger charge is -2.25. The highest BCUT2D eigenvalue weighted by Gasteiger charge is 2.60. The van der Waals surface area contributed by atoms with Gasteiger partial charge in [0.2, 0.25) is 11.9 Å². The number of carbonyl (C=O) groups is 2. The minimum Gasteiger partial charge on any atom is -0.478 e. The highest BCUT2D eigenvalue weighted by atomic mass is 16.7. The predicted molar refractivity (Wildman–Crippen MR) is 140 cm³/mol. The lowest BCUT2D eigenvalue weighted by Crippen LogP contribution is -2.35. The quantitative estimate of drug-likeness (QED) is 0.471. The first-order valence-corrected chi connectivity index (χ1v) is 12.3. The molecule has 1 saturated carbocycles. The average Bonchev–Trinajstić information content (AvgIpc) is 3.37. The van der Waals surface area contributed by atoms with Gasteiger partial charge in [0.05, 0.1) is 35.5 Å². The van der Waals surface area contributed by atoms with Gasteiger partial charge in [0, 0.05) is 38.4 Å². The van der Waals surface area contributed by atoms with Gasteiger partial charge in [0.25, 0.3) is 5.56 Å². The SMILES string of the molecule is CON(C)C(=O)C1[C@H]2CN(c3nc4c(C(C)Nc5ccccc5C(=O)O)cc(C)cc4c(=O)n3C)C[C@@H]12. The smallest absolute Gasteiger partial charge is 0.337 e. The number of anilines is 2. The second kappa shape index (κ2) is 9.19. The van der Waals surface area contributed by atoms with Gasteiger partial charge in [0.1, 0.15) is 0 Å². The molecule has 0 bridgehead atoms. The van der Waals surface area contributed by atoms with Crippen LogP contribution in [0.3, 0.4) is 0 Å². The van der Waals surface area contributed by atoms with E-state index in [4.69, 9.17) is 9.82 Å². The third kappa shape index (κ3) is 4.21. The van der Waals surface area contributed by atoms with Crippen molar-refractivity contribution in [1.29, 1.82) is 0 Å². The van der Waals surface area contributed by atoms with Gasteiger partial charge in [-0.2, -0.15) is 0 Å². The number of aryl methyl sites for hydroxylation is 1. The molecule has 4 atom stereocenters. The fraction of sp³-hybridized carbons (Fsp3) is 0.407. The van der Waals surface area contributed by atoms with Crippen molar-refractivity contribution >= 4 is 34.4 Å². The standard InChI is InChI=1S/C27H31N5O5/c1-14-10-17(15(2)28-21-9-7-6-8-16(21)26(35)36)23-18(11-14)24(33)30(3)27(29-23)32-12-19-20(13-32)22(19)25(34)31(4)37-5/h6-11,15,19-20,22,28H,12-13H2,1-5H3,(H,35,36)/t15?,19-,20+,22?. The Kier molecular flexibility index (Phi) is 6.15. The van der Waals surface area contributed by atoms with Gasteiger partial charge < -0.3 is 15.3 Å². The maximum atomic E-state index is 13.4. The van der Waals surface area contributed by atoms with E-state index >= 15 is 0 Å². The van der Waals surface area contributed by atoms with E-state index in [1.54, 1.807) is 42.9 Å². The van der Waals surface area contributed by atoms with Gasteiger partial charge in [-0.05, 0) is 49.4 Å². The van der Waals surface area contributed by atoms with Gasteiger partial charge in [0.15, 0.2) is 0 Å². The number of amides is 1. The number of piperidine rings is 1. The number of aromatic carboxylic acids is 1. The summed E-state index contributed by atoms with van der Waals surface area (Å²) in [6, 6.07) is 10.3. The summed E-state index contributed by atoms with van der Waals surface area (Å²) in [5.41, 5.74) is 2.85. The number of benzene rings is 2. The van der Waals surface area contributed by atoms with E-state index in [9.17, 15) is 19.5 Å². The second-order valence-electron chi connectivity index (χ2n) is 10.0. The number of nitrogens with one attached hydrogen (secondary N) is 1. The highest BCUT2D eigenvalue weighted by Crippen LogP contribution is 2.53. The molecular formula is C27H31N5O5. The van der Waals surface area contributed by atoms with Crippen LogP contribution in [0, 0.1) is 24.7 Å². The van der Waals surface area contributed by atoms with Gasteiger partial charge in [-0.3, -0.25) is 19.0 Å². The van der Waals surface area contributed by atoms with Crippen molar-refractivity contribution in [3.8, 4) is 0 Å². The predicted octanol–water partition coefficient (Wildman–Crippen LogP) is 2.82. The summed E-state index contributed by atoms with van der Waals surface area (Å²) in [4.78, 5) is 49.8. The van der Waals surface area contributed by atoms with Crippen LogP contribution >= 0.6 is 0 Å². The topological polar surface area (TPSA) is 117 Å². The fourth-order valence-electron chi connectivity index (χ4n) is 5.62. The van der Waals surface area contributed by atoms with Crippen LogP contribution < -0.4 is 15.8 Å².